The van der Waals surface area contributed by atoms with Gasteiger partial charge in [-0.15, -0.1) is 0 Å². The normalized spacial score (nSPS) is 26.3. The first kappa shape index (κ1) is 21.3. The Morgan fingerprint density at radius 3 is 2.92 bits per heavy atom. The summed E-state index contributed by atoms with van der Waals surface area (Å²) in [5.41, 5.74) is 4.68. The highest BCUT2D eigenvalue weighted by Crippen LogP contribution is 2.57. The number of aromatic amines is 1. The first-order chi connectivity index (χ1) is 17.6. The Kier molecular flexibility index (Phi) is 4.77. The Bertz CT molecular complexity index is 1430. The van der Waals surface area contributed by atoms with Gasteiger partial charge in [-0.05, 0) is 57.4 Å². The molecule has 184 valence electrons. The molecule has 4 saturated carbocycles. The number of hydrogen-bond acceptors (Lipinski definition) is 7. The second kappa shape index (κ2) is 8.04. The molecule has 0 aromatic carbocycles. The van der Waals surface area contributed by atoms with Gasteiger partial charge in [-0.1, -0.05) is 6.07 Å². The highest BCUT2D eigenvalue weighted by atomic mass is 16.6. The van der Waals surface area contributed by atoms with Gasteiger partial charge in [0.25, 0.3) is 0 Å². The zero-order chi connectivity index (χ0) is 24.3. The highest BCUT2D eigenvalue weighted by molar-refractivity contribution is 5.80. The van der Waals surface area contributed by atoms with Crippen LogP contribution in [-0.4, -0.2) is 47.3 Å². The molecule has 8 rings (SSSR count). The van der Waals surface area contributed by atoms with Gasteiger partial charge in [0, 0.05) is 59.1 Å². The Morgan fingerprint density at radius 2 is 2.14 bits per heavy atom. The number of nitrogens with zero attached hydrogens (tertiary/aromatic N) is 5. The van der Waals surface area contributed by atoms with E-state index in [1.54, 1.807) is 12.4 Å². The molecule has 0 saturated heterocycles. The van der Waals surface area contributed by atoms with Crippen LogP contribution in [0.4, 0.5) is 16.6 Å². The maximum atomic E-state index is 12.3. The summed E-state index contributed by atoms with van der Waals surface area (Å²) < 4.78 is 7.66. The van der Waals surface area contributed by atoms with E-state index >= 15 is 0 Å². The first-order valence-corrected chi connectivity index (χ1v) is 12.6. The third kappa shape index (κ3) is 3.59. The average Bonchev–Trinajstić information content (AvgIpc) is 3.57. The van der Waals surface area contributed by atoms with Crippen LogP contribution < -0.4 is 10.6 Å². The van der Waals surface area contributed by atoms with Crippen molar-refractivity contribution in [2.24, 2.45) is 5.92 Å². The van der Waals surface area contributed by atoms with Crippen LogP contribution in [0.3, 0.4) is 0 Å². The van der Waals surface area contributed by atoms with Crippen molar-refractivity contribution >= 4 is 23.5 Å². The predicted molar refractivity (Wildman–Crippen MR) is 133 cm³/mol. The molecule has 0 spiro atoms. The van der Waals surface area contributed by atoms with E-state index in [0.717, 1.165) is 72.6 Å². The molecule has 4 aliphatic carbocycles. The molecule has 4 fully saturated rings. The van der Waals surface area contributed by atoms with Crippen LogP contribution in [0.2, 0.25) is 0 Å². The number of pyridine rings is 1. The maximum Gasteiger partial charge on any atom is 0.407 e. The van der Waals surface area contributed by atoms with Gasteiger partial charge >= 0.3 is 6.09 Å². The van der Waals surface area contributed by atoms with Gasteiger partial charge in [-0.25, -0.2) is 14.8 Å². The largest absolute Gasteiger partial charge is 0.446 e. The minimum Gasteiger partial charge on any atom is -0.446 e. The lowest BCUT2D eigenvalue weighted by molar-refractivity contribution is -0.0506. The van der Waals surface area contributed by atoms with E-state index < -0.39 is 0 Å². The summed E-state index contributed by atoms with van der Waals surface area (Å²) >= 11 is 0. The third-order valence-electron chi connectivity index (χ3n) is 8.02. The monoisotopic (exact) mass is 484 g/mol. The van der Waals surface area contributed by atoms with Crippen LogP contribution in [0.5, 0.6) is 0 Å². The fraction of sp³-hybridized carbons (Fsp3) is 0.423. The molecule has 4 aromatic rings. The van der Waals surface area contributed by atoms with Crippen LogP contribution in [-0.2, 0) is 4.74 Å². The zero-order valence-electron chi connectivity index (χ0n) is 20.1. The van der Waals surface area contributed by atoms with Gasteiger partial charge in [-0.3, -0.25) is 14.5 Å². The van der Waals surface area contributed by atoms with E-state index in [2.05, 4.69) is 30.8 Å². The number of rotatable bonds is 6. The molecule has 0 aliphatic heterocycles. The van der Waals surface area contributed by atoms with E-state index in [-0.39, 0.29) is 23.7 Å². The lowest BCUT2D eigenvalue weighted by atomic mass is 9.50. The zero-order valence-corrected chi connectivity index (χ0v) is 20.1. The van der Waals surface area contributed by atoms with Crippen molar-refractivity contribution in [1.82, 2.24) is 34.9 Å². The van der Waals surface area contributed by atoms with Crippen molar-refractivity contribution < 1.29 is 9.53 Å². The van der Waals surface area contributed by atoms with Crippen molar-refractivity contribution in [3.8, 4) is 11.1 Å². The van der Waals surface area contributed by atoms with Gasteiger partial charge in [0.2, 0.25) is 5.95 Å². The third-order valence-corrected chi connectivity index (χ3v) is 8.02. The Labute approximate surface area is 207 Å². The van der Waals surface area contributed by atoms with Crippen molar-refractivity contribution in [1.29, 1.82) is 0 Å². The molecule has 4 heterocycles. The number of ether oxygens (including phenoxy) is 1. The van der Waals surface area contributed by atoms with Crippen LogP contribution in [0.15, 0.2) is 43.0 Å². The molecule has 10 nitrogen and oxygen atoms in total. The molecule has 4 aliphatic rings. The molecule has 1 amide bonds. The molecule has 2 bridgehead atoms. The molecule has 2 unspecified atom stereocenters. The number of aromatic nitrogens is 6. The Hall–Kier alpha value is -3.95. The van der Waals surface area contributed by atoms with E-state index in [0.29, 0.717) is 11.8 Å². The number of carbonyl (C=O) groups excluding carboxylic acids is 1. The lowest BCUT2D eigenvalue weighted by Crippen LogP contribution is -2.68. The number of alkyl carbamates (subject to hydrolysis) is 1. The average molecular weight is 485 g/mol. The van der Waals surface area contributed by atoms with E-state index in [4.69, 9.17) is 9.72 Å². The molecule has 0 radical (unpaired) electrons. The molecular weight excluding hydrogens is 456 g/mol. The molecule has 3 N–H and O–H groups in total. The van der Waals surface area contributed by atoms with Crippen LogP contribution >= 0.6 is 0 Å². The summed E-state index contributed by atoms with van der Waals surface area (Å²) in [6.45, 7) is 1.97. The van der Waals surface area contributed by atoms with Crippen molar-refractivity contribution in [2.45, 2.75) is 63.0 Å². The number of nitrogens with one attached hydrogen (secondary N) is 3. The predicted octanol–water partition coefficient (Wildman–Crippen LogP) is 4.48. The number of fused-ring (bicyclic) bond motifs is 1. The molecule has 2 atom stereocenters. The van der Waals surface area contributed by atoms with Gasteiger partial charge in [-0.2, -0.15) is 5.10 Å². The van der Waals surface area contributed by atoms with E-state index in [9.17, 15) is 4.79 Å². The summed E-state index contributed by atoms with van der Waals surface area (Å²) in [6.07, 6.45) is 12.9. The smallest absolute Gasteiger partial charge is 0.407 e. The first-order valence-electron chi connectivity index (χ1n) is 12.6. The maximum absolute atomic E-state index is 12.3. The van der Waals surface area contributed by atoms with Gasteiger partial charge in [0.15, 0.2) is 5.82 Å². The number of anilines is 2. The van der Waals surface area contributed by atoms with Gasteiger partial charge < -0.3 is 15.4 Å². The SMILES string of the molecule is Cc1nc(Nc2cc(C3CCC(OC(=O)NC45CC(C4)C5)C3)[nH]n2)n2ccnc2c1-c1cccnc1. The van der Waals surface area contributed by atoms with Gasteiger partial charge in [0.05, 0.1) is 5.69 Å². The molecule has 36 heavy (non-hydrogen) atoms. The summed E-state index contributed by atoms with van der Waals surface area (Å²) in [6, 6.07) is 5.94. The highest BCUT2D eigenvalue weighted by Gasteiger charge is 2.57. The van der Waals surface area contributed by atoms with Crippen LogP contribution in [0.25, 0.3) is 16.8 Å². The second-order valence-electron chi connectivity index (χ2n) is 10.5. The topological polar surface area (TPSA) is 122 Å². The Morgan fingerprint density at radius 1 is 1.25 bits per heavy atom. The summed E-state index contributed by atoms with van der Waals surface area (Å²) in [5.74, 6) is 2.43. The van der Waals surface area contributed by atoms with E-state index in [1.807, 2.05) is 41.9 Å². The van der Waals surface area contributed by atoms with Crippen LogP contribution in [0, 0.1) is 12.8 Å². The number of carbonyl (C=O) groups is 1. The number of aryl methyl sites for hydroxylation is 1. The van der Waals surface area contributed by atoms with E-state index in [1.165, 1.54) is 0 Å². The lowest BCUT2D eigenvalue weighted by Gasteiger charge is -2.61. The molecule has 10 heteroatoms. The second-order valence-corrected chi connectivity index (χ2v) is 10.5. The number of hydrogen-bond donors (Lipinski definition) is 3. The molecule has 4 aromatic heterocycles. The van der Waals surface area contributed by atoms with Crippen molar-refractivity contribution in [3.05, 3.63) is 54.4 Å². The number of H-pyrrole nitrogens is 1. The van der Waals surface area contributed by atoms with Gasteiger partial charge in [0.1, 0.15) is 11.8 Å². The quantitative estimate of drug-likeness (QED) is 0.369. The fourth-order valence-electron chi connectivity index (χ4n) is 6.11. The number of imidazole rings is 1. The van der Waals surface area contributed by atoms with Crippen molar-refractivity contribution in [3.63, 3.8) is 0 Å². The minimum absolute atomic E-state index is 0.0485. The number of amides is 1. The summed E-state index contributed by atoms with van der Waals surface area (Å²) in [7, 11) is 0. The van der Waals surface area contributed by atoms with Crippen LogP contribution in [0.1, 0.15) is 55.8 Å². The standard InChI is InChI=1S/C26H28N8O2/c1-15-22(18-3-2-6-27-14-18)23-28-7-8-34(23)24(29-15)30-21-10-20(32-33-21)17-4-5-19(9-17)36-25(35)31-26-11-16(12-26)13-26/h2-3,6-8,10,14,16-17,19H,4-5,9,11-13H2,1H3,(H,31,35)(H2,29,30,32,33). The Balaban J connectivity index is 1.04. The summed E-state index contributed by atoms with van der Waals surface area (Å²) in [5, 5.41) is 14.1. The fourth-order valence-corrected chi connectivity index (χ4v) is 6.11. The molecular formula is C26H28N8O2. The van der Waals surface area contributed by atoms with Crippen molar-refractivity contribution in [2.75, 3.05) is 5.32 Å². The summed E-state index contributed by atoms with van der Waals surface area (Å²) in [4.78, 5) is 26.0. The minimum atomic E-state index is -0.258.